The first-order chi connectivity index (χ1) is 7.49. The van der Waals surface area contributed by atoms with E-state index in [-0.39, 0.29) is 0 Å². The summed E-state index contributed by atoms with van der Waals surface area (Å²) in [5.41, 5.74) is -0.883. The molecule has 7 heteroatoms. The predicted octanol–water partition coefficient (Wildman–Crippen LogP) is 0.360. The Kier molecular flexibility index (Phi) is 4.31. The van der Waals surface area contributed by atoms with Crippen molar-refractivity contribution in [3.8, 4) is 0 Å². The van der Waals surface area contributed by atoms with Gasteiger partial charge in [0.15, 0.2) is 5.16 Å². The van der Waals surface area contributed by atoms with Crippen molar-refractivity contribution in [2.24, 2.45) is 7.05 Å². The maximum atomic E-state index is 11.0. The third-order valence-corrected chi connectivity index (χ3v) is 3.56. The first kappa shape index (κ1) is 13.0. The fourth-order valence-electron chi connectivity index (χ4n) is 1.10. The molecule has 1 aromatic rings. The highest BCUT2D eigenvalue weighted by Gasteiger charge is 2.30. The topological polar surface area (TPSA) is 80.0 Å². The van der Waals surface area contributed by atoms with E-state index in [1.54, 1.807) is 18.7 Å². The molecular weight excluding hydrogens is 228 g/mol. The molecule has 0 fully saturated rings. The first-order valence-corrected chi connectivity index (χ1v) is 5.87. The Bertz CT molecular complexity index is 368. The Morgan fingerprint density at radius 3 is 2.88 bits per heavy atom. The molecular formula is C9H16N4O2S. The molecule has 1 heterocycles. The van der Waals surface area contributed by atoms with Crippen LogP contribution in [0.4, 0.5) is 0 Å². The van der Waals surface area contributed by atoms with Gasteiger partial charge in [-0.15, -0.1) is 0 Å². The van der Waals surface area contributed by atoms with Crippen molar-refractivity contribution >= 4 is 17.7 Å². The number of likely N-dealkylation sites (N-methyl/N-ethyl adjacent to an activating group) is 1. The predicted molar refractivity (Wildman–Crippen MR) is 61.4 cm³/mol. The summed E-state index contributed by atoms with van der Waals surface area (Å²) >= 11 is 1.50. The number of hydrogen-bond donors (Lipinski definition) is 2. The molecule has 0 amide bonds. The lowest BCUT2D eigenvalue weighted by Gasteiger charge is -2.23. The molecule has 90 valence electrons. The van der Waals surface area contributed by atoms with Crippen LogP contribution in [0, 0.1) is 0 Å². The fraction of sp³-hybridized carbons (Fsp3) is 0.667. The van der Waals surface area contributed by atoms with Crippen LogP contribution in [-0.4, -0.2) is 44.2 Å². The van der Waals surface area contributed by atoms with E-state index < -0.39 is 11.5 Å². The monoisotopic (exact) mass is 244 g/mol. The van der Waals surface area contributed by atoms with Gasteiger partial charge in [0.25, 0.3) is 0 Å². The van der Waals surface area contributed by atoms with Crippen LogP contribution < -0.4 is 5.32 Å². The van der Waals surface area contributed by atoms with E-state index in [4.69, 9.17) is 5.11 Å². The van der Waals surface area contributed by atoms with Crippen molar-refractivity contribution in [1.82, 2.24) is 20.1 Å². The molecule has 0 radical (unpaired) electrons. The molecule has 0 saturated carbocycles. The molecule has 0 aliphatic rings. The minimum absolute atomic E-state index is 0.524. The van der Waals surface area contributed by atoms with Crippen LogP contribution in [0.1, 0.15) is 13.3 Å². The van der Waals surface area contributed by atoms with Crippen molar-refractivity contribution in [2.45, 2.75) is 24.0 Å². The van der Waals surface area contributed by atoms with Crippen molar-refractivity contribution < 1.29 is 9.90 Å². The zero-order chi connectivity index (χ0) is 12.2. The third-order valence-electron chi connectivity index (χ3n) is 2.53. The van der Waals surface area contributed by atoms with Crippen LogP contribution in [0.2, 0.25) is 0 Å². The number of carboxylic acid groups (broad SMARTS) is 1. The van der Waals surface area contributed by atoms with E-state index >= 15 is 0 Å². The second-order valence-electron chi connectivity index (χ2n) is 3.65. The Morgan fingerprint density at radius 2 is 2.44 bits per heavy atom. The van der Waals surface area contributed by atoms with E-state index in [0.717, 1.165) is 5.16 Å². The van der Waals surface area contributed by atoms with Gasteiger partial charge in [-0.2, -0.15) is 5.10 Å². The number of nitrogens with one attached hydrogen (secondary N) is 1. The summed E-state index contributed by atoms with van der Waals surface area (Å²) in [7, 11) is 3.46. The maximum absolute atomic E-state index is 11.0. The second kappa shape index (κ2) is 5.31. The lowest BCUT2D eigenvalue weighted by Crippen LogP contribution is -2.47. The minimum atomic E-state index is -0.883. The van der Waals surface area contributed by atoms with Gasteiger partial charge in [0.1, 0.15) is 11.9 Å². The number of carboxylic acids is 1. The molecule has 1 atom stereocenters. The molecule has 2 N–H and O–H groups in total. The maximum Gasteiger partial charge on any atom is 0.323 e. The smallest absolute Gasteiger partial charge is 0.323 e. The third kappa shape index (κ3) is 2.96. The van der Waals surface area contributed by atoms with Gasteiger partial charge in [-0.3, -0.25) is 4.79 Å². The Labute approximate surface area is 98.4 Å². The lowest BCUT2D eigenvalue weighted by atomic mass is 10.00. The first-order valence-electron chi connectivity index (χ1n) is 4.88. The Balaban J connectivity index is 2.46. The van der Waals surface area contributed by atoms with Gasteiger partial charge < -0.3 is 10.4 Å². The van der Waals surface area contributed by atoms with Crippen LogP contribution in [0.15, 0.2) is 11.5 Å². The number of aliphatic carboxylic acids is 1. The molecule has 6 nitrogen and oxygen atoms in total. The van der Waals surface area contributed by atoms with E-state index in [9.17, 15) is 4.79 Å². The summed E-state index contributed by atoms with van der Waals surface area (Å²) in [6.07, 6.45) is 2.01. The zero-order valence-electron chi connectivity index (χ0n) is 9.60. The van der Waals surface area contributed by atoms with Crippen LogP contribution in [-0.2, 0) is 11.8 Å². The quantitative estimate of drug-likeness (QED) is 0.703. The lowest BCUT2D eigenvalue weighted by molar-refractivity contribution is -0.144. The van der Waals surface area contributed by atoms with Gasteiger partial charge in [-0.05, 0) is 20.4 Å². The van der Waals surface area contributed by atoms with Gasteiger partial charge in [-0.25, -0.2) is 9.67 Å². The molecule has 1 aromatic heterocycles. The molecule has 0 aliphatic carbocycles. The number of rotatable bonds is 6. The molecule has 0 spiro atoms. The van der Waals surface area contributed by atoms with Crippen molar-refractivity contribution in [2.75, 3.05) is 12.8 Å². The van der Waals surface area contributed by atoms with Gasteiger partial charge in [0.05, 0.1) is 0 Å². The average molecular weight is 244 g/mol. The van der Waals surface area contributed by atoms with Crippen molar-refractivity contribution in [3.05, 3.63) is 6.33 Å². The van der Waals surface area contributed by atoms with Gasteiger partial charge in [0, 0.05) is 12.8 Å². The number of aromatic nitrogens is 3. The molecule has 1 unspecified atom stereocenters. The number of thioether (sulfide) groups is 1. The standard InChI is InChI=1S/C9H16N4O2S/c1-9(10-2,7(14)15)4-5-16-8-11-6-12-13(8)3/h6,10H,4-5H2,1-3H3,(H,14,15). The highest BCUT2D eigenvalue weighted by molar-refractivity contribution is 7.99. The zero-order valence-corrected chi connectivity index (χ0v) is 10.4. The normalized spacial score (nSPS) is 14.7. The van der Waals surface area contributed by atoms with Crippen LogP contribution in [0.3, 0.4) is 0 Å². The molecule has 0 saturated heterocycles. The number of carbonyl (C=O) groups is 1. The summed E-state index contributed by atoms with van der Waals surface area (Å²) in [5.74, 6) is -0.163. The van der Waals surface area contributed by atoms with Crippen LogP contribution in [0.25, 0.3) is 0 Å². The summed E-state index contributed by atoms with van der Waals surface area (Å²) in [6, 6.07) is 0. The van der Waals surface area contributed by atoms with Crippen LogP contribution >= 0.6 is 11.8 Å². The van der Waals surface area contributed by atoms with E-state index in [1.807, 2.05) is 7.05 Å². The van der Waals surface area contributed by atoms with Gasteiger partial charge >= 0.3 is 5.97 Å². The molecule has 0 aliphatic heterocycles. The summed E-state index contributed by atoms with van der Waals surface area (Å²) in [6.45, 7) is 1.67. The van der Waals surface area contributed by atoms with Crippen molar-refractivity contribution in [1.29, 1.82) is 0 Å². The van der Waals surface area contributed by atoms with Crippen LogP contribution in [0.5, 0.6) is 0 Å². The van der Waals surface area contributed by atoms with Gasteiger partial charge in [-0.1, -0.05) is 11.8 Å². The largest absolute Gasteiger partial charge is 0.480 e. The number of nitrogens with zero attached hydrogens (tertiary/aromatic N) is 3. The molecule has 16 heavy (non-hydrogen) atoms. The Morgan fingerprint density at radius 1 is 1.75 bits per heavy atom. The second-order valence-corrected chi connectivity index (χ2v) is 4.71. The summed E-state index contributed by atoms with van der Waals surface area (Å²) < 4.78 is 1.67. The molecule has 0 aromatic carbocycles. The van der Waals surface area contributed by atoms with E-state index in [1.165, 1.54) is 18.1 Å². The van der Waals surface area contributed by atoms with E-state index in [0.29, 0.717) is 12.2 Å². The fourth-order valence-corrected chi connectivity index (χ4v) is 2.15. The molecule has 1 rings (SSSR count). The number of hydrogen-bond acceptors (Lipinski definition) is 5. The SMILES string of the molecule is CNC(C)(CCSc1ncnn1C)C(=O)O. The highest BCUT2D eigenvalue weighted by Crippen LogP contribution is 2.19. The van der Waals surface area contributed by atoms with Crippen molar-refractivity contribution in [3.63, 3.8) is 0 Å². The summed E-state index contributed by atoms with van der Waals surface area (Å²) in [4.78, 5) is 15.1. The van der Waals surface area contributed by atoms with Gasteiger partial charge in [0.2, 0.25) is 0 Å². The summed E-state index contributed by atoms with van der Waals surface area (Å²) in [5, 5.41) is 16.6. The highest BCUT2D eigenvalue weighted by atomic mass is 32.2. The Hall–Kier alpha value is -1.08. The average Bonchev–Trinajstić information content (AvgIpc) is 2.64. The minimum Gasteiger partial charge on any atom is -0.480 e. The molecule has 0 bridgehead atoms. The van der Waals surface area contributed by atoms with E-state index in [2.05, 4.69) is 15.4 Å². The number of aryl methyl sites for hydroxylation is 1.